The lowest BCUT2D eigenvalue weighted by atomic mass is 9.96. The van der Waals surface area contributed by atoms with Crippen LogP contribution in [0.1, 0.15) is 18.1 Å². The standard InChI is InChI=1S/C26H22N2O2/c1-19-25(26(29)28(27-19)22-11-7-4-8-12-22)24(21-9-5-3-6-10-21)18-15-20-13-16-23(30-2)17-14-20/h3-18H,1-2H3. The Labute approximate surface area is 176 Å². The zero-order valence-electron chi connectivity index (χ0n) is 16.9. The van der Waals surface area contributed by atoms with Crippen molar-refractivity contribution in [3.8, 4) is 5.75 Å². The molecule has 1 aliphatic heterocycles. The lowest BCUT2D eigenvalue weighted by Gasteiger charge is -2.12. The Morgan fingerprint density at radius 3 is 2.17 bits per heavy atom. The maximum absolute atomic E-state index is 13.3. The molecule has 0 bridgehead atoms. The quantitative estimate of drug-likeness (QED) is 0.530. The molecule has 0 aliphatic carbocycles. The van der Waals surface area contributed by atoms with Crippen molar-refractivity contribution in [1.82, 2.24) is 0 Å². The number of rotatable bonds is 5. The number of anilines is 1. The molecule has 3 aromatic rings. The third-order valence-corrected chi connectivity index (χ3v) is 4.93. The number of hydrogen-bond donors (Lipinski definition) is 0. The molecule has 1 heterocycles. The number of benzene rings is 3. The molecule has 148 valence electrons. The predicted molar refractivity (Wildman–Crippen MR) is 122 cm³/mol. The number of allylic oxidation sites excluding steroid dienone is 2. The molecule has 4 heteroatoms. The molecule has 0 fully saturated rings. The van der Waals surface area contributed by atoms with Gasteiger partial charge in [0, 0.05) is 0 Å². The Morgan fingerprint density at radius 2 is 1.53 bits per heavy atom. The summed E-state index contributed by atoms with van der Waals surface area (Å²) < 4.78 is 5.23. The lowest BCUT2D eigenvalue weighted by molar-refractivity contribution is -0.114. The van der Waals surface area contributed by atoms with Gasteiger partial charge in [-0.2, -0.15) is 10.1 Å². The molecule has 0 atom stereocenters. The Hall–Kier alpha value is -3.92. The summed E-state index contributed by atoms with van der Waals surface area (Å²) in [6.45, 7) is 1.88. The first-order valence-electron chi connectivity index (χ1n) is 9.74. The third kappa shape index (κ3) is 3.94. The van der Waals surface area contributed by atoms with E-state index < -0.39 is 0 Å². The van der Waals surface area contributed by atoms with E-state index in [9.17, 15) is 4.79 Å². The zero-order valence-corrected chi connectivity index (χ0v) is 16.9. The average molecular weight is 394 g/mol. The normalized spacial score (nSPS) is 15.5. The maximum Gasteiger partial charge on any atom is 0.281 e. The van der Waals surface area contributed by atoms with Crippen molar-refractivity contribution in [3.63, 3.8) is 0 Å². The molecule has 1 amide bonds. The summed E-state index contributed by atoms with van der Waals surface area (Å²) in [5.74, 6) is 0.679. The van der Waals surface area contributed by atoms with Gasteiger partial charge in [0.05, 0.1) is 24.1 Å². The van der Waals surface area contributed by atoms with Crippen LogP contribution in [0, 0.1) is 0 Å². The average Bonchev–Trinajstić information content (AvgIpc) is 3.10. The van der Waals surface area contributed by atoms with E-state index in [1.165, 1.54) is 5.01 Å². The Bertz CT molecular complexity index is 1130. The second-order valence-corrected chi connectivity index (χ2v) is 6.90. The van der Waals surface area contributed by atoms with Gasteiger partial charge in [0.25, 0.3) is 5.91 Å². The minimum Gasteiger partial charge on any atom is -0.497 e. The van der Waals surface area contributed by atoms with Crippen LogP contribution in [0.25, 0.3) is 11.6 Å². The molecule has 30 heavy (non-hydrogen) atoms. The fourth-order valence-electron chi connectivity index (χ4n) is 3.40. The summed E-state index contributed by atoms with van der Waals surface area (Å²) in [6.07, 6.45) is 3.98. The highest BCUT2D eigenvalue weighted by Crippen LogP contribution is 2.30. The van der Waals surface area contributed by atoms with E-state index in [0.29, 0.717) is 11.3 Å². The maximum atomic E-state index is 13.3. The van der Waals surface area contributed by atoms with Crippen LogP contribution in [-0.4, -0.2) is 18.7 Å². The van der Waals surface area contributed by atoms with Crippen LogP contribution >= 0.6 is 0 Å². The molecular weight excluding hydrogens is 372 g/mol. The zero-order chi connectivity index (χ0) is 20.9. The largest absolute Gasteiger partial charge is 0.497 e. The highest BCUT2D eigenvalue weighted by Gasteiger charge is 2.31. The van der Waals surface area contributed by atoms with E-state index in [-0.39, 0.29) is 5.91 Å². The van der Waals surface area contributed by atoms with Crippen LogP contribution in [0.3, 0.4) is 0 Å². The number of hydrogen-bond acceptors (Lipinski definition) is 3. The van der Waals surface area contributed by atoms with E-state index in [2.05, 4.69) is 5.10 Å². The Kier molecular flexibility index (Phi) is 5.57. The summed E-state index contributed by atoms with van der Waals surface area (Å²) in [7, 11) is 1.65. The SMILES string of the molecule is COc1ccc(C=CC(=C2C(=O)N(c3ccccc3)N=C2C)c2ccccc2)cc1. The molecule has 0 saturated heterocycles. The summed E-state index contributed by atoms with van der Waals surface area (Å²) in [4.78, 5) is 13.3. The molecule has 1 aliphatic rings. The minimum absolute atomic E-state index is 0.128. The molecule has 3 aromatic carbocycles. The monoisotopic (exact) mass is 394 g/mol. The fourth-order valence-corrected chi connectivity index (χ4v) is 3.40. The summed E-state index contributed by atoms with van der Waals surface area (Å²) in [5.41, 5.74) is 4.89. The molecule has 4 nitrogen and oxygen atoms in total. The van der Waals surface area contributed by atoms with Gasteiger partial charge < -0.3 is 4.74 Å². The summed E-state index contributed by atoms with van der Waals surface area (Å²) in [6, 6.07) is 27.2. The van der Waals surface area contributed by atoms with E-state index in [1.807, 2.05) is 104 Å². The number of amides is 1. The van der Waals surface area contributed by atoms with Crippen molar-refractivity contribution in [3.05, 3.63) is 108 Å². The summed E-state index contributed by atoms with van der Waals surface area (Å²) in [5, 5.41) is 6.00. The first kappa shape index (κ1) is 19.4. The lowest BCUT2D eigenvalue weighted by Crippen LogP contribution is -2.21. The number of ether oxygens (including phenoxy) is 1. The van der Waals surface area contributed by atoms with Gasteiger partial charge in [-0.25, -0.2) is 0 Å². The molecule has 0 N–H and O–H groups in total. The minimum atomic E-state index is -0.128. The van der Waals surface area contributed by atoms with Gasteiger partial charge in [-0.3, -0.25) is 4.79 Å². The molecule has 0 spiro atoms. The van der Waals surface area contributed by atoms with Crippen molar-refractivity contribution in [2.24, 2.45) is 5.10 Å². The van der Waals surface area contributed by atoms with Gasteiger partial charge in [-0.15, -0.1) is 0 Å². The molecule has 0 unspecified atom stereocenters. The van der Waals surface area contributed by atoms with Crippen LogP contribution in [0.15, 0.2) is 102 Å². The third-order valence-electron chi connectivity index (χ3n) is 4.93. The first-order chi connectivity index (χ1) is 14.7. The predicted octanol–water partition coefficient (Wildman–Crippen LogP) is 5.58. The van der Waals surface area contributed by atoms with E-state index in [1.54, 1.807) is 7.11 Å². The molecule has 0 saturated carbocycles. The highest BCUT2D eigenvalue weighted by atomic mass is 16.5. The molecular formula is C26H22N2O2. The number of carbonyl (C=O) groups is 1. The Balaban J connectivity index is 1.77. The van der Waals surface area contributed by atoms with Crippen molar-refractivity contribution in [2.75, 3.05) is 12.1 Å². The van der Waals surface area contributed by atoms with Crippen LogP contribution in [0.4, 0.5) is 5.69 Å². The van der Waals surface area contributed by atoms with E-state index in [4.69, 9.17) is 4.74 Å². The van der Waals surface area contributed by atoms with Crippen molar-refractivity contribution >= 4 is 29.0 Å². The van der Waals surface area contributed by atoms with Crippen molar-refractivity contribution in [1.29, 1.82) is 0 Å². The van der Waals surface area contributed by atoms with Crippen LogP contribution in [0.5, 0.6) is 5.75 Å². The number of para-hydroxylation sites is 1. The van der Waals surface area contributed by atoms with E-state index >= 15 is 0 Å². The second-order valence-electron chi connectivity index (χ2n) is 6.90. The van der Waals surface area contributed by atoms with Crippen LogP contribution in [0.2, 0.25) is 0 Å². The first-order valence-corrected chi connectivity index (χ1v) is 9.74. The van der Waals surface area contributed by atoms with Crippen molar-refractivity contribution < 1.29 is 9.53 Å². The van der Waals surface area contributed by atoms with Gasteiger partial charge in [0.1, 0.15) is 5.75 Å². The van der Waals surface area contributed by atoms with Crippen molar-refractivity contribution in [2.45, 2.75) is 6.92 Å². The van der Waals surface area contributed by atoms with Crippen LogP contribution in [-0.2, 0) is 4.79 Å². The van der Waals surface area contributed by atoms with Gasteiger partial charge in [0.2, 0.25) is 0 Å². The van der Waals surface area contributed by atoms with Gasteiger partial charge in [-0.05, 0) is 47.9 Å². The van der Waals surface area contributed by atoms with Gasteiger partial charge >= 0.3 is 0 Å². The number of hydrazone groups is 1. The van der Waals surface area contributed by atoms with Gasteiger partial charge in [-0.1, -0.05) is 72.8 Å². The van der Waals surface area contributed by atoms with Gasteiger partial charge in [0.15, 0.2) is 0 Å². The second kappa shape index (κ2) is 8.62. The number of nitrogens with zero attached hydrogens (tertiary/aromatic N) is 2. The van der Waals surface area contributed by atoms with E-state index in [0.717, 1.165) is 28.1 Å². The number of methoxy groups -OCH3 is 1. The Morgan fingerprint density at radius 1 is 0.900 bits per heavy atom. The fraction of sp³-hybridized carbons (Fsp3) is 0.0769. The molecule has 0 aromatic heterocycles. The highest BCUT2D eigenvalue weighted by molar-refractivity contribution is 6.34. The summed E-state index contributed by atoms with van der Waals surface area (Å²) >= 11 is 0. The number of carbonyl (C=O) groups excluding carboxylic acids is 1. The van der Waals surface area contributed by atoms with Crippen LogP contribution < -0.4 is 9.75 Å². The molecule has 0 radical (unpaired) electrons. The smallest absolute Gasteiger partial charge is 0.281 e. The topological polar surface area (TPSA) is 41.9 Å². The molecule has 4 rings (SSSR count).